The molecule has 17 heavy (non-hydrogen) atoms. The summed E-state index contributed by atoms with van der Waals surface area (Å²) in [6.07, 6.45) is 0.378. The highest BCUT2D eigenvalue weighted by Gasteiger charge is 2.15. The van der Waals surface area contributed by atoms with Crippen LogP contribution in [-0.2, 0) is 9.53 Å². The maximum atomic E-state index is 10.7. The number of rotatable bonds is 3. The third-order valence-corrected chi connectivity index (χ3v) is 1.41. The number of aliphatic hydroxyl groups is 1. The molecule has 1 amide bonds. The number of ketones is 1. The number of nitrogens with one attached hydrogen (secondary N) is 1. The largest absolute Gasteiger partial charge is 0.453 e. The van der Waals surface area contributed by atoms with Gasteiger partial charge >= 0.3 is 6.09 Å². The number of carbonyl (C=O) groups is 2. The molecule has 0 saturated heterocycles. The van der Waals surface area contributed by atoms with Crippen molar-refractivity contribution in [3.63, 3.8) is 0 Å². The lowest BCUT2D eigenvalue weighted by molar-refractivity contribution is -0.122. The molecule has 0 atom stereocenters. The van der Waals surface area contributed by atoms with Crippen molar-refractivity contribution in [1.82, 2.24) is 5.32 Å². The van der Waals surface area contributed by atoms with Crippen LogP contribution >= 0.6 is 0 Å². The molecule has 0 heterocycles. The number of hydrogen-bond acceptors (Lipinski definition) is 4. The van der Waals surface area contributed by atoms with E-state index in [4.69, 9.17) is 5.11 Å². The fourth-order valence-corrected chi connectivity index (χ4v) is 0.710. The smallest absolute Gasteiger partial charge is 0.406 e. The minimum absolute atomic E-state index is 0.113. The summed E-state index contributed by atoms with van der Waals surface area (Å²) < 4.78 is 4.15. The minimum atomic E-state index is -0.826. The van der Waals surface area contributed by atoms with Gasteiger partial charge in [0.2, 0.25) is 0 Å². The summed E-state index contributed by atoms with van der Waals surface area (Å²) >= 11 is 0. The van der Waals surface area contributed by atoms with Gasteiger partial charge in [-0.25, -0.2) is 4.79 Å². The maximum Gasteiger partial charge on any atom is 0.406 e. The van der Waals surface area contributed by atoms with Gasteiger partial charge in [0.1, 0.15) is 5.78 Å². The molecule has 0 bridgehead atoms. The predicted molar refractivity (Wildman–Crippen MR) is 69.0 cm³/mol. The van der Waals surface area contributed by atoms with Gasteiger partial charge in [0.05, 0.1) is 12.7 Å². The summed E-state index contributed by atoms with van der Waals surface area (Å²) in [6, 6.07) is 0. The van der Waals surface area contributed by atoms with E-state index in [0.717, 1.165) is 0 Å². The zero-order chi connectivity index (χ0) is 14.5. The number of alkyl carbamates (subject to hydrolysis) is 1. The van der Waals surface area contributed by atoms with Gasteiger partial charge in [-0.1, -0.05) is 20.8 Å². The van der Waals surface area contributed by atoms with Crippen LogP contribution in [-0.4, -0.2) is 36.7 Å². The van der Waals surface area contributed by atoms with E-state index in [1.165, 1.54) is 14.2 Å². The van der Waals surface area contributed by atoms with Crippen molar-refractivity contribution < 1.29 is 19.4 Å². The van der Waals surface area contributed by atoms with Crippen molar-refractivity contribution in [1.29, 1.82) is 0 Å². The van der Waals surface area contributed by atoms with E-state index in [-0.39, 0.29) is 12.2 Å². The summed E-state index contributed by atoms with van der Waals surface area (Å²) in [5.74, 6) is 0.113. The number of hydrogen-bond donors (Lipinski definition) is 2. The van der Waals surface area contributed by atoms with Crippen molar-refractivity contribution in [2.75, 3.05) is 14.2 Å². The molecule has 0 aliphatic carbocycles. The van der Waals surface area contributed by atoms with Crippen LogP contribution in [0.5, 0.6) is 0 Å². The second-order valence-electron chi connectivity index (χ2n) is 3.62. The molecule has 0 aromatic rings. The third-order valence-electron chi connectivity index (χ3n) is 1.41. The molecule has 0 rings (SSSR count). The highest BCUT2D eigenvalue weighted by molar-refractivity contribution is 5.78. The summed E-state index contributed by atoms with van der Waals surface area (Å²) in [5, 5.41) is 11.4. The second kappa shape index (κ2) is 13.0. The van der Waals surface area contributed by atoms with E-state index in [2.05, 4.69) is 10.1 Å². The van der Waals surface area contributed by atoms with Crippen LogP contribution in [0.2, 0.25) is 0 Å². The molecule has 0 spiro atoms. The molecule has 5 nitrogen and oxygen atoms in total. The first-order valence-electron chi connectivity index (χ1n) is 5.76. The molecular formula is C12H27NO4. The molecule has 0 aromatic carbocycles. The normalized spacial score (nSPS) is 8.94. The Labute approximate surface area is 105 Å². The molecule has 2 N–H and O–H groups in total. The highest BCUT2D eigenvalue weighted by atomic mass is 16.5. The summed E-state index contributed by atoms with van der Waals surface area (Å²) in [6.45, 7) is 9.08. The Morgan fingerprint density at radius 3 is 1.76 bits per heavy atom. The Balaban J connectivity index is -0.000000213. The Morgan fingerprint density at radius 1 is 1.29 bits per heavy atom. The van der Waals surface area contributed by atoms with Crippen LogP contribution in [0.25, 0.3) is 0 Å². The summed E-state index contributed by atoms with van der Waals surface area (Å²) in [7, 11) is 2.82. The van der Waals surface area contributed by atoms with Crippen molar-refractivity contribution >= 4 is 11.9 Å². The van der Waals surface area contributed by atoms with Crippen LogP contribution in [0.15, 0.2) is 0 Å². The van der Waals surface area contributed by atoms with Crippen LogP contribution in [0.1, 0.15) is 47.5 Å². The van der Waals surface area contributed by atoms with Crippen LogP contribution in [0.4, 0.5) is 4.79 Å². The minimum Gasteiger partial charge on any atom is -0.453 e. The lowest BCUT2D eigenvalue weighted by Gasteiger charge is -2.14. The summed E-state index contributed by atoms with van der Waals surface area (Å²) in [4.78, 5) is 20.5. The zero-order valence-electron chi connectivity index (χ0n) is 12.1. The van der Waals surface area contributed by atoms with Gasteiger partial charge in [0, 0.05) is 19.9 Å². The third kappa shape index (κ3) is 25.3. The quantitative estimate of drug-likeness (QED) is 0.803. The molecule has 0 fully saturated rings. The van der Waals surface area contributed by atoms with E-state index < -0.39 is 11.7 Å². The number of ether oxygens (including phenoxy) is 1. The molecule has 0 aromatic heterocycles. The average molecular weight is 249 g/mol. The first-order chi connectivity index (χ1) is 7.76. The lowest BCUT2D eigenvalue weighted by atomic mass is 10.0. The van der Waals surface area contributed by atoms with Crippen LogP contribution < -0.4 is 5.32 Å². The fraction of sp³-hybridized carbons (Fsp3) is 0.833. The van der Waals surface area contributed by atoms with Gasteiger partial charge < -0.3 is 15.2 Å². The van der Waals surface area contributed by atoms with E-state index in [0.29, 0.717) is 6.42 Å². The molecule has 104 valence electrons. The van der Waals surface area contributed by atoms with Crippen LogP contribution in [0, 0.1) is 0 Å². The molecule has 0 aliphatic heterocycles. The average Bonchev–Trinajstić information content (AvgIpc) is 2.29. The monoisotopic (exact) mass is 249 g/mol. The number of methoxy groups -OCH3 is 1. The molecular weight excluding hydrogens is 222 g/mol. The molecule has 0 radical (unpaired) electrons. The van der Waals surface area contributed by atoms with Crippen molar-refractivity contribution in [3.05, 3.63) is 0 Å². The Bertz CT molecular complexity index is 191. The summed E-state index contributed by atoms with van der Waals surface area (Å²) in [5.41, 5.74) is -0.826. The number of carbonyl (C=O) groups excluding carboxylic acids is 2. The van der Waals surface area contributed by atoms with Gasteiger partial charge in [0.15, 0.2) is 0 Å². The van der Waals surface area contributed by atoms with E-state index in [1.807, 2.05) is 13.8 Å². The first kappa shape index (κ1) is 21.2. The first-order valence-corrected chi connectivity index (χ1v) is 5.76. The Kier molecular flexibility index (Phi) is 16.2. The van der Waals surface area contributed by atoms with Gasteiger partial charge in [-0.05, 0) is 13.8 Å². The molecule has 0 aliphatic rings. The van der Waals surface area contributed by atoms with E-state index >= 15 is 0 Å². The van der Waals surface area contributed by atoms with Crippen LogP contribution in [0.3, 0.4) is 0 Å². The molecule has 5 heteroatoms. The zero-order valence-corrected chi connectivity index (χ0v) is 12.1. The SMILES string of the molecule is CC.CCC(=O)CC(C)(C)O.CNC(=O)OC. The highest BCUT2D eigenvalue weighted by Crippen LogP contribution is 2.08. The van der Waals surface area contributed by atoms with Crippen molar-refractivity contribution in [3.8, 4) is 0 Å². The van der Waals surface area contributed by atoms with Gasteiger partial charge in [0.25, 0.3) is 0 Å². The maximum absolute atomic E-state index is 10.7. The van der Waals surface area contributed by atoms with Gasteiger partial charge in [-0.15, -0.1) is 0 Å². The molecule has 0 saturated carbocycles. The van der Waals surface area contributed by atoms with Gasteiger partial charge in [-0.2, -0.15) is 0 Å². The standard InChI is InChI=1S/C7H14O2.C3H7NO2.C2H6/c1-4-6(8)5-7(2,3)9;1-4-3(5)6-2;1-2/h9H,4-5H2,1-3H3;1-2H3,(H,4,5);1-2H3. The second-order valence-corrected chi connectivity index (χ2v) is 3.62. The van der Waals surface area contributed by atoms with E-state index in [9.17, 15) is 9.59 Å². The topological polar surface area (TPSA) is 75.6 Å². The van der Waals surface area contributed by atoms with Crippen molar-refractivity contribution in [2.24, 2.45) is 0 Å². The molecule has 0 unspecified atom stereocenters. The Morgan fingerprint density at radius 2 is 1.71 bits per heavy atom. The van der Waals surface area contributed by atoms with Gasteiger partial charge in [-0.3, -0.25) is 4.79 Å². The lowest BCUT2D eigenvalue weighted by Crippen LogP contribution is -2.22. The van der Waals surface area contributed by atoms with Crippen molar-refractivity contribution in [2.45, 2.75) is 53.1 Å². The Hall–Kier alpha value is -1.10. The fourth-order valence-electron chi connectivity index (χ4n) is 0.710. The van der Waals surface area contributed by atoms with E-state index in [1.54, 1.807) is 20.8 Å². The number of amides is 1. The number of Topliss-reactive ketones (excluding diaryl/α,β-unsaturated/α-hetero) is 1. The predicted octanol–water partition coefficient (Wildman–Crippen LogP) is 2.12.